The molecule has 2 heteroatoms. The smallest absolute Gasteiger partial charge is 0.156 e. The van der Waals surface area contributed by atoms with Crippen molar-refractivity contribution in [2.45, 2.75) is 40.2 Å². The van der Waals surface area contributed by atoms with E-state index >= 15 is 0 Å². The predicted molar refractivity (Wildman–Crippen MR) is 61.5 cm³/mol. The molecule has 0 unspecified atom stereocenters. The molecule has 0 bridgehead atoms. The van der Waals surface area contributed by atoms with Gasteiger partial charge in [0.05, 0.1) is 6.10 Å². The number of aliphatic hydroxyl groups is 1. The third-order valence-electron chi connectivity index (χ3n) is 2.93. The van der Waals surface area contributed by atoms with Gasteiger partial charge in [0, 0.05) is 12.3 Å². The number of ketones is 1. The Morgan fingerprint density at radius 2 is 2.20 bits per heavy atom. The van der Waals surface area contributed by atoms with Crippen molar-refractivity contribution in [3.8, 4) is 0 Å². The van der Waals surface area contributed by atoms with E-state index in [4.69, 9.17) is 0 Å². The summed E-state index contributed by atoms with van der Waals surface area (Å²) >= 11 is 0. The molecule has 2 atom stereocenters. The maximum absolute atomic E-state index is 11.4. The van der Waals surface area contributed by atoms with E-state index in [1.54, 1.807) is 19.1 Å². The lowest BCUT2D eigenvalue weighted by Gasteiger charge is -2.35. The van der Waals surface area contributed by atoms with Crippen LogP contribution in [0.4, 0.5) is 0 Å². The minimum absolute atomic E-state index is 0.0404. The number of carbonyl (C=O) groups excluding carboxylic acids is 1. The molecule has 0 aliphatic heterocycles. The average Bonchev–Trinajstić information content (AvgIpc) is 1.98. The fourth-order valence-electron chi connectivity index (χ4n) is 2.25. The van der Waals surface area contributed by atoms with Crippen LogP contribution in [0, 0.1) is 11.3 Å². The first-order valence-corrected chi connectivity index (χ1v) is 5.40. The van der Waals surface area contributed by atoms with Gasteiger partial charge in [-0.25, -0.2) is 0 Å². The first-order chi connectivity index (χ1) is 6.83. The zero-order valence-corrected chi connectivity index (χ0v) is 9.95. The lowest BCUT2D eigenvalue weighted by atomic mass is 9.68. The van der Waals surface area contributed by atoms with E-state index in [0.29, 0.717) is 6.42 Å². The number of hydrogen-bond acceptors (Lipinski definition) is 2. The Morgan fingerprint density at radius 1 is 1.60 bits per heavy atom. The van der Waals surface area contributed by atoms with Gasteiger partial charge in [0.1, 0.15) is 0 Å². The SMILES string of the molecule is CC1=CC(=O)CC(C)(C)[C@H]1/C=C/[C@@H](C)O. The van der Waals surface area contributed by atoms with Crippen molar-refractivity contribution >= 4 is 5.78 Å². The van der Waals surface area contributed by atoms with E-state index in [-0.39, 0.29) is 17.1 Å². The van der Waals surface area contributed by atoms with Gasteiger partial charge in [-0.2, -0.15) is 0 Å². The van der Waals surface area contributed by atoms with Crippen LogP contribution in [0.1, 0.15) is 34.1 Å². The summed E-state index contributed by atoms with van der Waals surface area (Å²) in [5.74, 6) is 0.462. The van der Waals surface area contributed by atoms with E-state index in [9.17, 15) is 9.90 Å². The Balaban J connectivity index is 2.94. The summed E-state index contributed by atoms with van der Waals surface area (Å²) in [4.78, 5) is 11.4. The number of rotatable bonds is 2. The average molecular weight is 208 g/mol. The quantitative estimate of drug-likeness (QED) is 0.708. The molecule has 0 saturated heterocycles. The summed E-state index contributed by atoms with van der Waals surface area (Å²) in [6, 6.07) is 0. The van der Waals surface area contributed by atoms with Gasteiger partial charge >= 0.3 is 0 Å². The molecule has 0 heterocycles. The van der Waals surface area contributed by atoms with Gasteiger partial charge in [-0.15, -0.1) is 0 Å². The van der Waals surface area contributed by atoms with Crippen molar-refractivity contribution in [3.63, 3.8) is 0 Å². The normalized spacial score (nSPS) is 27.9. The molecular formula is C13H20O2. The Labute approximate surface area is 91.7 Å². The van der Waals surface area contributed by atoms with Gasteiger partial charge in [-0.1, -0.05) is 31.6 Å². The highest BCUT2D eigenvalue weighted by Gasteiger charge is 2.34. The van der Waals surface area contributed by atoms with Crippen LogP contribution in [0.25, 0.3) is 0 Å². The fraction of sp³-hybridized carbons (Fsp3) is 0.615. The van der Waals surface area contributed by atoms with Crippen LogP contribution in [-0.4, -0.2) is 17.0 Å². The standard InChI is InChI=1S/C13H20O2/c1-9-7-11(15)8-13(3,4)12(9)6-5-10(2)14/h5-7,10,12,14H,8H2,1-4H3/b6-5+/t10-,12+/m1/s1. The van der Waals surface area contributed by atoms with Gasteiger partial charge < -0.3 is 5.11 Å². The molecular weight excluding hydrogens is 188 g/mol. The molecule has 0 aromatic heterocycles. The van der Waals surface area contributed by atoms with E-state index in [1.165, 1.54) is 0 Å². The van der Waals surface area contributed by atoms with Crippen LogP contribution in [-0.2, 0) is 4.79 Å². The van der Waals surface area contributed by atoms with E-state index < -0.39 is 6.10 Å². The second-order valence-electron chi connectivity index (χ2n) is 5.12. The lowest BCUT2D eigenvalue weighted by Crippen LogP contribution is -2.30. The van der Waals surface area contributed by atoms with Crippen LogP contribution in [0.15, 0.2) is 23.8 Å². The van der Waals surface area contributed by atoms with E-state index in [0.717, 1.165) is 5.57 Å². The van der Waals surface area contributed by atoms with Gasteiger partial charge in [0.25, 0.3) is 0 Å². The van der Waals surface area contributed by atoms with E-state index in [2.05, 4.69) is 13.8 Å². The van der Waals surface area contributed by atoms with Crippen LogP contribution in [0.2, 0.25) is 0 Å². The number of allylic oxidation sites excluding steroid dienone is 3. The molecule has 1 aliphatic carbocycles. The second kappa shape index (κ2) is 4.31. The molecule has 84 valence electrons. The summed E-state index contributed by atoms with van der Waals surface area (Å²) in [5, 5.41) is 9.22. The van der Waals surface area contributed by atoms with Crippen LogP contribution >= 0.6 is 0 Å². The van der Waals surface area contributed by atoms with Crippen molar-refractivity contribution in [3.05, 3.63) is 23.8 Å². The monoisotopic (exact) mass is 208 g/mol. The van der Waals surface area contributed by atoms with Crippen LogP contribution in [0.3, 0.4) is 0 Å². The predicted octanol–water partition coefficient (Wildman–Crippen LogP) is 2.48. The Kier molecular flexibility index (Phi) is 3.50. The molecule has 0 saturated carbocycles. The maximum atomic E-state index is 11.4. The summed E-state index contributed by atoms with van der Waals surface area (Å²) in [6.07, 6.45) is 5.69. The summed E-state index contributed by atoms with van der Waals surface area (Å²) < 4.78 is 0. The fourth-order valence-corrected chi connectivity index (χ4v) is 2.25. The summed E-state index contributed by atoms with van der Waals surface area (Å²) in [7, 11) is 0. The first-order valence-electron chi connectivity index (χ1n) is 5.40. The minimum Gasteiger partial charge on any atom is -0.389 e. The largest absolute Gasteiger partial charge is 0.389 e. The third-order valence-corrected chi connectivity index (χ3v) is 2.93. The second-order valence-corrected chi connectivity index (χ2v) is 5.12. The Morgan fingerprint density at radius 3 is 2.67 bits per heavy atom. The number of carbonyl (C=O) groups is 1. The molecule has 0 spiro atoms. The zero-order chi connectivity index (χ0) is 11.6. The van der Waals surface area contributed by atoms with Crippen LogP contribution < -0.4 is 0 Å². The number of aliphatic hydroxyl groups excluding tert-OH is 1. The van der Waals surface area contributed by atoms with Gasteiger partial charge in [-0.05, 0) is 25.3 Å². The highest BCUT2D eigenvalue weighted by molar-refractivity contribution is 5.92. The molecule has 1 N–H and O–H groups in total. The summed E-state index contributed by atoms with van der Waals surface area (Å²) in [5.41, 5.74) is 1.05. The molecule has 0 amide bonds. The molecule has 0 radical (unpaired) electrons. The maximum Gasteiger partial charge on any atom is 0.156 e. The minimum atomic E-state index is -0.425. The molecule has 0 aromatic carbocycles. The van der Waals surface area contributed by atoms with Gasteiger partial charge in [-0.3, -0.25) is 4.79 Å². The Hall–Kier alpha value is -0.890. The van der Waals surface area contributed by atoms with Crippen molar-refractivity contribution in [2.75, 3.05) is 0 Å². The molecule has 15 heavy (non-hydrogen) atoms. The first kappa shape index (κ1) is 12.2. The summed E-state index contributed by atoms with van der Waals surface area (Å²) in [6.45, 7) is 7.91. The molecule has 0 fully saturated rings. The zero-order valence-electron chi connectivity index (χ0n) is 9.95. The lowest BCUT2D eigenvalue weighted by molar-refractivity contribution is -0.117. The number of hydrogen-bond donors (Lipinski definition) is 1. The van der Waals surface area contributed by atoms with Gasteiger partial charge in [0.15, 0.2) is 5.78 Å². The highest BCUT2D eigenvalue weighted by atomic mass is 16.3. The van der Waals surface area contributed by atoms with E-state index in [1.807, 2.05) is 13.0 Å². The molecule has 1 rings (SSSR count). The molecule has 0 aromatic rings. The van der Waals surface area contributed by atoms with Crippen molar-refractivity contribution in [2.24, 2.45) is 11.3 Å². The highest BCUT2D eigenvalue weighted by Crippen LogP contribution is 2.40. The van der Waals surface area contributed by atoms with Crippen molar-refractivity contribution in [1.82, 2.24) is 0 Å². The third kappa shape index (κ3) is 3.03. The van der Waals surface area contributed by atoms with Crippen molar-refractivity contribution < 1.29 is 9.90 Å². The van der Waals surface area contributed by atoms with Gasteiger partial charge in [0.2, 0.25) is 0 Å². The topological polar surface area (TPSA) is 37.3 Å². The van der Waals surface area contributed by atoms with Crippen LogP contribution in [0.5, 0.6) is 0 Å². The van der Waals surface area contributed by atoms with Crippen molar-refractivity contribution in [1.29, 1.82) is 0 Å². The Bertz CT molecular complexity index is 308. The molecule has 1 aliphatic rings. The molecule has 2 nitrogen and oxygen atoms in total.